The van der Waals surface area contributed by atoms with E-state index in [1.54, 1.807) is 0 Å². The third kappa shape index (κ3) is 3.73. The van der Waals surface area contributed by atoms with Gasteiger partial charge < -0.3 is 14.8 Å². The molecule has 0 bridgehead atoms. The highest BCUT2D eigenvalue weighted by Crippen LogP contribution is 2.36. The second kappa shape index (κ2) is 6.58. The average molecular weight is 321 g/mol. The third-order valence-electron chi connectivity index (χ3n) is 2.84. The molecule has 1 aromatic rings. The van der Waals surface area contributed by atoms with Gasteiger partial charge in [0.15, 0.2) is 5.75 Å². The van der Waals surface area contributed by atoms with Gasteiger partial charge in [-0.3, -0.25) is 10.1 Å². The highest BCUT2D eigenvalue weighted by Gasteiger charge is 2.21. The van der Waals surface area contributed by atoms with Gasteiger partial charge in [-0.1, -0.05) is 23.2 Å². The Kier molecular flexibility index (Phi) is 5.04. The van der Waals surface area contributed by atoms with Crippen LogP contribution in [0.1, 0.15) is 6.92 Å². The lowest BCUT2D eigenvalue weighted by atomic mass is 10.2. The lowest BCUT2D eigenvalue weighted by Gasteiger charge is -2.28. The van der Waals surface area contributed by atoms with E-state index in [4.69, 9.17) is 32.7 Å². The fraction of sp³-hybridized carbons (Fsp3) is 0.500. The van der Waals surface area contributed by atoms with Gasteiger partial charge in [-0.15, -0.1) is 0 Å². The van der Waals surface area contributed by atoms with Crippen LogP contribution in [0.3, 0.4) is 0 Å². The second-order valence-electron chi connectivity index (χ2n) is 4.53. The van der Waals surface area contributed by atoms with Gasteiger partial charge in [-0.25, -0.2) is 0 Å². The molecule has 0 aromatic heterocycles. The molecule has 1 aromatic carbocycles. The number of halogens is 2. The van der Waals surface area contributed by atoms with Crippen LogP contribution < -0.4 is 10.1 Å². The number of nitro benzene ring substituents is 1. The van der Waals surface area contributed by atoms with Crippen molar-refractivity contribution in [3.8, 4) is 5.75 Å². The lowest BCUT2D eigenvalue weighted by Crippen LogP contribution is -2.45. The van der Waals surface area contributed by atoms with Crippen molar-refractivity contribution in [1.29, 1.82) is 0 Å². The maximum absolute atomic E-state index is 10.7. The quantitative estimate of drug-likeness (QED) is 0.682. The molecular weight excluding hydrogens is 307 g/mol. The van der Waals surface area contributed by atoms with E-state index in [0.717, 1.165) is 6.54 Å². The minimum atomic E-state index is -0.558. The maximum Gasteiger partial charge on any atom is 0.272 e. The molecule has 110 valence electrons. The first-order valence-corrected chi connectivity index (χ1v) is 6.85. The number of ether oxygens (including phenoxy) is 2. The van der Waals surface area contributed by atoms with Crippen LogP contribution in [0.2, 0.25) is 10.0 Å². The summed E-state index contributed by atoms with van der Waals surface area (Å²) >= 11 is 11.9. The molecule has 1 aliphatic rings. The minimum absolute atomic E-state index is 0.110. The summed E-state index contributed by atoms with van der Waals surface area (Å²) in [4.78, 5) is 10.1. The number of benzene rings is 1. The van der Waals surface area contributed by atoms with Crippen LogP contribution in [-0.4, -0.2) is 36.8 Å². The summed E-state index contributed by atoms with van der Waals surface area (Å²) in [5.74, 6) is 0.237. The van der Waals surface area contributed by atoms with Crippen LogP contribution in [0.4, 0.5) is 5.69 Å². The normalized spacial score (nSPS) is 22.6. The largest absolute Gasteiger partial charge is 0.488 e. The molecule has 0 amide bonds. The van der Waals surface area contributed by atoms with Gasteiger partial charge in [-0.05, 0) is 6.92 Å². The van der Waals surface area contributed by atoms with Gasteiger partial charge in [0.05, 0.1) is 21.1 Å². The van der Waals surface area contributed by atoms with E-state index in [2.05, 4.69) is 5.32 Å². The molecule has 20 heavy (non-hydrogen) atoms. The number of nitrogens with one attached hydrogen (secondary N) is 1. The van der Waals surface area contributed by atoms with E-state index >= 15 is 0 Å². The molecule has 0 radical (unpaired) electrons. The zero-order chi connectivity index (χ0) is 14.7. The molecule has 0 aliphatic carbocycles. The first kappa shape index (κ1) is 15.3. The molecule has 8 heteroatoms. The molecule has 2 unspecified atom stereocenters. The average Bonchev–Trinajstić information content (AvgIpc) is 2.37. The fourth-order valence-corrected chi connectivity index (χ4v) is 2.52. The van der Waals surface area contributed by atoms with Crippen LogP contribution in [0.25, 0.3) is 0 Å². The van der Waals surface area contributed by atoms with Gasteiger partial charge in [0.25, 0.3) is 5.69 Å². The highest BCUT2D eigenvalue weighted by molar-refractivity contribution is 6.37. The molecule has 1 aliphatic heterocycles. The Morgan fingerprint density at radius 1 is 1.45 bits per heavy atom. The van der Waals surface area contributed by atoms with Gasteiger partial charge >= 0.3 is 0 Å². The molecule has 1 saturated heterocycles. The Labute approximate surface area is 126 Å². The van der Waals surface area contributed by atoms with Crippen molar-refractivity contribution < 1.29 is 14.4 Å². The summed E-state index contributed by atoms with van der Waals surface area (Å²) in [6.07, 6.45) is 0.00114. The van der Waals surface area contributed by atoms with E-state index < -0.39 is 4.92 Å². The van der Waals surface area contributed by atoms with Crippen molar-refractivity contribution in [3.05, 3.63) is 32.3 Å². The minimum Gasteiger partial charge on any atom is -0.488 e. The number of nitrogens with zero attached hydrogens (tertiary/aromatic N) is 1. The number of non-ortho nitro benzene ring substituents is 1. The fourth-order valence-electron chi connectivity index (χ4n) is 1.94. The SMILES string of the molecule is CC1CNCC(COc2c(Cl)cc([N+](=O)[O-])cc2Cl)O1. The van der Waals surface area contributed by atoms with Crippen molar-refractivity contribution in [3.63, 3.8) is 0 Å². The molecule has 1 fully saturated rings. The number of morpholine rings is 1. The van der Waals surface area contributed by atoms with Gasteiger partial charge in [0.2, 0.25) is 0 Å². The third-order valence-corrected chi connectivity index (χ3v) is 3.40. The Balaban J connectivity index is 2.04. The lowest BCUT2D eigenvalue weighted by molar-refractivity contribution is -0.384. The Morgan fingerprint density at radius 2 is 2.10 bits per heavy atom. The predicted octanol–water partition coefficient (Wildman–Crippen LogP) is 2.66. The zero-order valence-corrected chi connectivity index (χ0v) is 12.3. The summed E-state index contributed by atoms with van der Waals surface area (Å²) in [7, 11) is 0. The number of hydrogen-bond acceptors (Lipinski definition) is 5. The van der Waals surface area contributed by atoms with E-state index in [1.165, 1.54) is 12.1 Å². The van der Waals surface area contributed by atoms with Gasteiger partial charge in [0, 0.05) is 25.2 Å². The van der Waals surface area contributed by atoms with Gasteiger partial charge in [-0.2, -0.15) is 0 Å². The van der Waals surface area contributed by atoms with E-state index in [0.29, 0.717) is 6.54 Å². The molecule has 0 spiro atoms. The van der Waals surface area contributed by atoms with Crippen molar-refractivity contribution in [1.82, 2.24) is 5.32 Å². The van der Waals surface area contributed by atoms with Crippen molar-refractivity contribution in [2.45, 2.75) is 19.1 Å². The van der Waals surface area contributed by atoms with Crippen LogP contribution in [-0.2, 0) is 4.74 Å². The standard InChI is InChI=1S/C12H14Cl2N2O4/c1-7-4-15-5-9(20-7)6-19-12-10(13)2-8(16(17)18)3-11(12)14/h2-3,7,9,15H,4-6H2,1H3. The summed E-state index contributed by atoms with van der Waals surface area (Å²) in [6.45, 7) is 3.71. The molecule has 1 heterocycles. The monoisotopic (exact) mass is 320 g/mol. The molecule has 0 saturated carbocycles. The molecule has 2 rings (SSSR count). The second-order valence-corrected chi connectivity index (χ2v) is 5.35. The maximum atomic E-state index is 10.7. The number of hydrogen-bond donors (Lipinski definition) is 1. The zero-order valence-electron chi connectivity index (χ0n) is 10.8. The van der Waals surface area contributed by atoms with Crippen molar-refractivity contribution in [2.24, 2.45) is 0 Å². The molecule has 6 nitrogen and oxygen atoms in total. The summed E-state index contributed by atoms with van der Waals surface area (Å²) in [5, 5.41) is 14.1. The summed E-state index contributed by atoms with van der Waals surface area (Å²) < 4.78 is 11.2. The smallest absolute Gasteiger partial charge is 0.272 e. The molecule has 2 atom stereocenters. The van der Waals surface area contributed by atoms with E-state index in [1.807, 2.05) is 6.92 Å². The molecular formula is C12H14Cl2N2O4. The van der Waals surface area contributed by atoms with Crippen molar-refractivity contribution >= 4 is 28.9 Å². The first-order valence-electron chi connectivity index (χ1n) is 6.09. The highest BCUT2D eigenvalue weighted by atomic mass is 35.5. The molecule has 1 N–H and O–H groups in total. The van der Waals surface area contributed by atoms with Gasteiger partial charge in [0.1, 0.15) is 12.7 Å². The van der Waals surface area contributed by atoms with Crippen LogP contribution in [0.15, 0.2) is 12.1 Å². The first-order chi connectivity index (χ1) is 9.47. The van der Waals surface area contributed by atoms with Crippen LogP contribution >= 0.6 is 23.2 Å². The number of rotatable bonds is 4. The van der Waals surface area contributed by atoms with E-state index in [-0.39, 0.29) is 40.3 Å². The number of nitro groups is 1. The summed E-state index contributed by atoms with van der Waals surface area (Å²) in [5.41, 5.74) is -0.170. The van der Waals surface area contributed by atoms with Crippen molar-refractivity contribution in [2.75, 3.05) is 19.7 Å². The Bertz CT molecular complexity index is 489. The topological polar surface area (TPSA) is 73.6 Å². The Hall–Kier alpha value is -1.08. The van der Waals surface area contributed by atoms with E-state index in [9.17, 15) is 10.1 Å². The van der Waals surface area contributed by atoms with Crippen LogP contribution in [0.5, 0.6) is 5.75 Å². The Morgan fingerprint density at radius 3 is 2.65 bits per heavy atom. The summed E-state index contributed by atoms with van der Waals surface area (Å²) in [6, 6.07) is 2.43. The predicted molar refractivity (Wildman–Crippen MR) is 75.8 cm³/mol. The van der Waals surface area contributed by atoms with Crippen LogP contribution in [0, 0.1) is 10.1 Å².